The number of carbonyl (C=O) groups excluding carboxylic acids is 2. The lowest BCUT2D eigenvalue weighted by Gasteiger charge is -2.15. The molecule has 1 unspecified atom stereocenters. The Morgan fingerprint density at radius 2 is 2.12 bits per heavy atom. The van der Waals surface area contributed by atoms with Crippen molar-refractivity contribution in [3.63, 3.8) is 0 Å². The van der Waals surface area contributed by atoms with Gasteiger partial charge in [0.2, 0.25) is 11.8 Å². The standard InChI is InChI=1S/C19H21N3O2/c23-18-10-2-1-9-17(22-18)19(24)21-13-14-6-5-7-15(12-14)16-8-3-4-11-20-16/h3-8,11-12,17H,1-2,9-10,13H2,(H,21,24)(H,22,23). The second kappa shape index (κ2) is 7.73. The summed E-state index contributed by atoms with van der Waals surface area (Å²) in [4.78, 5) is 28.2. The van der Waals surface area contributed by atoms with E-state index in [1.54, 1.807) is 6.20 Å². The van der Waals surface area contributed by atoms with Crippen molar-refractivity contribution in [3.8, 4) is 11.3 Å². The highest BCUT2D eigenvalue weighted by Gasteiger charge is 2.22. The van der Waals surface area contributed by atoms with E-state index in [0.29, 0.717) is 19.4 Å². The van der Waals surface area contributed by atoms with Gasteiger partial charge in [0.05, 0.1) is 5.69 Å². The summed E-state index contributed by atoms with van der Waals surface area (Å²) >= 11 is 0. The number of pyridine rings is 1. The van der Waals surface area contributed by atoms with Gasteiger partial charge in [-0.1, -0.05) is 30.7 Å². The van der Waals surface area contributed by atoms with E-state index in [0.717, 1.165) is 29.7 Å². The Morgan fingerprint density at radius 1 is 1.21 bits per heavy atom. The highest BCUT2D eigenvalue weighted by molar-refractivity contribution is 5.87. The largest absolute Gasteiger partial charge is 0.350 e. The van der Waals surface area contributed by atoms with Gasteiger partial charge in [-0.25, -0.2) is 0 Å². The maximum absolute atomic E-state index is 12.3. The molecule has 1 saturated heterocycles. The Balaban J connectivity index is 1.62. The van der Waals surface area contributed by atoms with Crippen molar-refractivity contribution in [1.29, 1.82) is 0 Å². The first-order chi connectivity index (χ1) is 11.7. The molecule has 1 atom stereocenters. The van der Waals surface area contributed by atoms with Crippen LogP contribution in [-0.4, -0.2) is 22.8 Å². The number of nitrogens with zero attached hydrogens (tertiary/aromatic N) is 1. The van der Waals surface area contributed by atoms with Crippen LogP contribution in [0, 0.1) is 0 Å². The maximum Gasteiger partial charge on any atom is 0.242 e. The Hall–Kier alpha value is -2.69. The lowest BCUT2D eigenvalue weighted by Crippen LogP contribution is -2.45. The van der Waals surface area contributed by atoms with Gasteiger partial charge in [0.25, 0.3) is 0 Å². The fourth-order valence-electron chi connectivity index (χ4n) is 2.86. The number of rotatable bonds is 4. The van der Waals surface area contributed by atoms with Crippen LogP contribution < -0.4 is 10.6 Å². The molecule has 0 bridgehead atoms. The molecule has 1 aliphatic heterocycles. The second-order valence-electron chi connectivity index (χ2n) is 6.00. The van der Waals surface area contributed by atoms with Gasteiger partial charge in [-0.3, -0.25) is 14.6 Å². The Labute approximate surface area is 141 Å². The first-order valence-electron chi connectivity index (χ1n) is 8.30. The van der Waals surface area contributed by atoms with Crippen molar-refractivity contribution in [2.45, 2.75) is 38.3 Å². The highest BCUT2D eigenvalue weighted by atomic mass is 16.2. The number of carbonyl (C=O) groups is 2. The van der Waals surface area contributed by atoms with E-state index in [4.69, 9.17) is 0 Å². The van der Waals surface area contributed by atoms with E-state index < -0.39 is 6.04 Å². The van der Waals surface area contributed by atoms with Crippen LogP contribution in [0.25, 0.3) is 11.3 Å². The number of aromatic nitrogens is 1. The van der Waals surface area contributed by atoms with Crippen molar-refractivity contribution >= 4 is 11.8 Å². The molecular weight excluding hydrogens is 302 g/mol. The topological polar surface area (TPSA) is 71.1 Å². The predicted octanol–water partition coefficient (Wildman–Crippen LogP) is 2.42. The van der Waals surface area contributed by atoms with Crippen LogP contribution in [0.15, 0.2) is 48.7 Å². The normalized spacial score (nSPS) is 17.7. The van der Waals surface area contributed by atoms with Gasteiger partial charge in [-0.05, 0) is 36.6 Å². The molecule has 0 spiro atoms. The zero-order chi connectivity index (χ0) is 16.8. The van der Waals surface area contributed by atoms with Gasteiger partial charge >= 0.3 is 0 Å². The van der Waals surface area contributed by atoms with Crippen molar-refractivity contribution in [2.75, 3.05) is 0 Å². The molecule has 5 nitrogen and oxygen atoms in total. The summed E-state index contributed by atoms with van der Waals surface area (Å²) < 4.78 is 0. The minimum absolute atomic E-state index is 0.0372. The molecule has 124 valence electrons. The molecule has 1 aliphatic rings. The second-order valence-corrected chi connectivity index (χ2v) is 6.00. The maximum atomic E-state index is 12.3. The van der Waals surface area contributed by atoms with Crippen molar-refractivity contribution in [3.05, 3.63) is 54.2 Å². The third-order valence-electron chi connectivity index (χ3n) is 4.15. The molecule has 1 aromatic heterocycles. The molecule has 0 saturated carbocycles. The molecule has 2 N–H and O–H groups in total. The van der Waals surface area contributed by atoms with Crippen LogP contribution in [0.4, 0.5) is 0 Å². The van der Waals surface area contributed by atoms with Gasteiger partial charge in [0.15, 0.2) is 0 Å². The quantitative estimate of drug-likeness (QED) is 0.908. The zero-order valence-electron chi connectivity index (χ0n) is 13.5. The molecule has 0 aliphatic carbocycles. The van der Waals surface area contributed by atoms with Gasteiger partial charge in [-0.2, -0.15) is 0 Å². The SMILES string of the molecule is O=C1CCCCC(C(=O)NCc2cccc(-c3ccccn3)c2)N1. The number of hydrogen-bond acceptors (Lipinski definition) is 3. The summed E-state index contributed by atoms with van der Waals surface area (Å²) in [5.74, 6) is -0.154. The third-order valence-corrected chi connectivity index (χ3v) is 4.15. The number of nitrogens with one attached hydrogen (secondary N) is 2. The minimum Gasteiger partial charge on any atom is -0.350 e. The highest BCUT2D eigenvalue weighted by Crippen LogP contribution is 2.17. The molecule has 24 heavy (non-hydrogen) atoms. The average Bonchev–Trinajstić information content (AvgIpc) is 2.85. The molecule has 0 radical (unpaired) electrons. The van der Waals surface area contributed by atoms with Gasteiger partial charge in [0, 0.05) is 24.7 Å². The first-order valence-corrected chi connectivity index (χ1v) is 8.30. The molecule has 2 aromatic rings. The first kappa shape index (κ1) is 16.2. The summed E-state index contributed by atoms with van der Waals surface area (Å²) in [7, 11) is 0. The van der Waals surface area contributed by atoms with Gasteiger partial charge in [0.1, 0.15) is 6.04 Å². The van der Waals surface area contributed by atoms with Crippen LogP contribution in [0.3, 0.4) is 0 Å². The number of hydrogen-bond donors (Lipinski definition) is 2. The molecular formula is C19H21N3O2. The van der Waals surface area contributed by atoms with Gasteiger partial charge in [-0.15, -0.1) is 0 Å². The lowest BCUT2D eigenvalue weighted by molar-refractivity contribution is -0.128. The van der Waals surface area contributed by atoms with E-state index in [2.05, 4.69) is 15.6 Å². The van der Waals surface area contributed by atoms with Gasteiger partial charge < -0.3 is 10.6 Å². The van der Waals surface area contributed by atoms with E-state index in [-0.39, 0.29) is 11.8 Å². The van der Waals surface area contributed by atoms with Crippen molar-refractivity contribution < 1.29 is 9.59 Å². The van der Waals surface area contributed by atoms with E-state index in [1.807, 2.05) is 42.5 Å². The summed E-state index contributed by atoms with van der Waals surface area (Å²) in [6.07, 6.45) is 4.72. The molecule has 5 heteroatoms. The number of amides is 2. The van der Waals surface area contributed by atoms with E-state index in [9.17, 15) is 9.59 Å². The average molecular weight is 323 g/mol. The fourth-order valence-corrected chi connectivity index (χ4v) is 2.86. The van der Waals surface area contributed by atoms with E-state index >= 15 is 0 Å². The zero-order valence-corrected chi connectivity index (χ0v) is 13.5. The smallest absolute Gasteiger partial charge is 0.242 e. The third kappa shape index (κ3) is 4.19. The Bertz CT molecular complexity index is 716. The molecule has 2 heterocycles. The van der Waals surface area contributed by atoms with Crippen LogP contribution in [-0.2, 0) is 16.1 Å². The van der Waals surface area contributed by atoms with E-state index in [1.165, 1.54) is 0 Å². The van der Waals surface area contributed by atoms with Crippen LogP contribution in [0.2, 0.25) is 0 Å². The summed E-state index contributed by atoms with van der Waals surface area (Å²) in [6, 6.07) is 13.3. The van der Waals surface area contributed by atoms with Crippen molar-refractivity contribution in [1.82, 2.24) is 15.6 Å². The van der Waals surface area contributed by atoms with Crippen LogP contribution in [0.5, 0.6) is 0 Å². The molecule has 3 rings (SSSR count). The monoisotopic (exact) mass is 323 g/mol. The predicted molar refractivity (Wildman–Crippen MR) is 91.9 cm³/mol. The summed E-state index contributed by atoms with van der Waals surface area (Å²) in [5.41, 5.74) is 2.93. The summed E-state index contributed by atoms with van der Waals surface area (Å²) in [6.45, 7) is 0.436. The Morgan fingerprint density at radius 3 is 2.96 bits per heavy atom. The van der Waals surface area contributed by atoms with Crippen LogP contribution >= 0.6 is 0 Å². The molecule has 2 amide bonds. The molecule has 1 aromatic carbocycles. The summed E-state index contributed by atoms with van der Waals surface area (Å²) in [5, 5.41) is 5.71. The number of benzene rings is 1. The van der Waals surface area contributed by atoms with Crippen molar-refractivity contribution in [2.24, 2.45) is 0 Å². The Kier molecular flexibility index (Phi) is 5.21. The fraction of sp³-hybridized carbons (Fsp3) is 0.316. The molecule has 1 fully saturated rings. The minimum atomic E-state index is -0.418. The van der Waals surface area contributed by atoms with Crippen LogP contribution in [0.1, 0.15) is 31.2 Å². The lowest BCUT2D eigenvalue weighted by atomic mass is 10.1.